The molecule has 7 nitrogen and oxygen atoms in total. The Balaban J connectivity index is 2.67. The molecule has 0 saturated heterocycles. The average Bonchev–Trinajstić information content (AvgIpc) is 2.80. The molecule has 112 valence electrons. The van der Waals surface area contributed by atoms with Crippen molar-refractivity contribution >= 4 is 17.3 Å². The number of aliphatic hydroxyl groups excluding tert-OH is 1. The molecule has 1 aromatic carbocycles. The SMILES string of the molecule is CC(C)Cn1c(CO)nnc1-c1c(Cl)cccc1[N+](=O)[O-]. The molecule has 1 aromatic heterocycles. The van der Waals surface area contributed by atoms with Gasteiger partial charge in [0.25, 0.3) is 5.69 Å². The molecule has 0 aliphatic heterocycles. The van der Waals surface area contributed by atoms with E-state index < -0.39 is 4.92 Å². The highest BCUT2D eigenvalue weighted by atomic mass is 35.5. The Kier molecular flexibility index (Phi) is 4.54. The highest BCUT2D eigenvalue weighted by Crippen LogP contribution is 2.35. The summed E-state index contributed by atoms with van der Waals surface area (Å²) in [5, 5.41) is 28.6. The molecule has 0 radical (unpaired) electrons. The average molecular weight is 311 g/mol. The summed E-state index contributed by atoms with van der Waals surface area (Å²) in [7, 11) is 0. The zero-order valence-corrected chi connectivity index (χ0v) is 12.4. The Bertz CT molecular complexity index is 669. The first-order chi connectivity index (χ1) is 9.95. The molecular weight excluding hydrogens is 296 g/mol. The largest absolute Gasteiger partial charge is 0.388 e. The molecule has 21 heavy (non-hydrogen) atoms. The minimum Gasteiger partial charge on any atom is -0.388 e. The van der Waals surface area contributed by atoms with E-state index in [0.717, 1.165) is 0 Å². The fourth-order valence-corrected chi connectivity index (χ4v) is 2.33. The van der Waals surface area contributed by atoms with Gasteiger partial charge < -0.3 is 9.67 Å². The van der Waals surface area contributed by atoms with Crippen molar-refractivity contribution in [2.75, 3.05) is 0 Å². The van der Waals surface area contributed by atoms with Crippen molar-refractivity contribution in [2.45, 2.75) is 27.0 Å². The number of nitrogens with zero attached hydrogens (tertiary/aromatic N) is 4. The summed E-state index contributed by atoms with van der Waals surface area (Å²) in [5.74, 6) is 0.907. The second kappa shape index (κ2) is 6.19. The van der Waals surface area contributed by atoms with Crippen LogP contribution in [-0.4, -0.2) is 24.8 Å². The van der Waals surface area contributed by atoms with Crippen molar-refractivity contribution in [1.82, 2.24) is 14.8 Å². The highest BCUT2D eigenvalue weighted by molar-refractivity contribution is 6.33. The van der Waals surface area contributed by atoms with Crippen molar-refractivity contribution in [2.24, 2.45) is 5.92 Å². The third kappa shape index (κ3) is 3.03. The molecule has 0 saturated carbocycles. The molecule has 2 aromatic rings. The first-order valence-corrected chi connectivity index (χ1v) is 6.79. The number of rotatable bonds is 5. The van der Waals surface area contributed by atoms with E-state index in [1.807, 2.05) is 13.8 Å². The second-order valence-electron chi connectivity index (χ2n) is 4.99. The van der Waals surface area contributed by atoms with Gasteiger partial charge in [-0.15, -0.1) is 10.2 Å². The van der Waals surface area contributed by atoms with Crippen molar-refractivity contribution in [3.05, 3.63) is 39.2 Å². The minimum atomic E-state index is -0.506. The molecule has 8 heteroatoms. The van der Waals surface area contributed by atoms with Crippen LogP contribution in [0.15, 0.2) is 18.2 Å². The molecule has 1 N–H and O–H groups in total. The van der Waals surface area contributed by atoms with Gasteiger partial charge in [-0.3, -0.25) is 10.1 Å². The van der Waals surface area contributed by atoms with Crippen LogP contribution in [0.5, 0.6) is 0 Å². The Morgan fingerprint density at radius 1 is 1.43 bits per heavy atom. The second-order valence-corrected chi connectivity index (χ2v) is 5.40. The number of nitro benzene ring substituents is 1. The number of benzene rings is 1. The van der Waals surface area contributed by atoms with Gasteiger partial charge in [0.2, 0.25) is 0 Å². The number of hydrogen-bond acceptors (Lipinski definition) is 5. The van der Waals surface area contributed by atoms with Crippen LogP contribution in [-0.2, 0) is 13.2 Å². The van der Waals surface area contributed by atoms with Crippen molar-refractivity contribution in [3.63, 3.8) is 0 Å². The third-order valence-corrected chi connectivity index (χ3v) is 3.24. The topological polar surface area (TPSA) is 94.1 Å². The maximum Gasteiger partial charge on any atom is 0.281 e. The van der Waals surface area contributed by atoms with E-state index in [2.05, 4.69) is 10.2 Å². The monoisotopic (exact) mass is 310 g/mol. The molecule has 0 fully saturated rings. The van der Waals surface area contributed by atoms with E-state index in [-0.39, 0.29) is 28.8 Å². The lowest BCUT2D eigenvalue weighted by Gasteiger charge is -2.12. The van der Waals surface area contributed by atoms with E-state index in [4.69, 9.17) is 11.6 Å². The van der Waals surface area contributed by atoms with Crippen LogP contribution in [0.25, 0.3) is 11.4 Å². The molecule has 0 unspecified atom stereocenters. The van der Waals surface area contributed by atoms with Crippen LogP contribution in [0.1, 0.15) is 19.7 Å². The Labute approximate surface area is 126 Å². The molecule has 0 aliphatic rings. The number of halogens is 1. The van der Waals surface area contributed by atoms with E-state index in [9.17, 15) is 15.2 Å². The predicted molar refractivity (Wildman–Crippen MR) is 77.9 cm³/mol. The number of aromatic nitrogens is 3. The standard InChI is InChI=1S/C13H15ClN4O3/c1-8(2)6-17-11(7-19)15-16-13(17)12-9(14)4-3-5-10(12)18(20)21/h3-5,8,19H,6-7H2,1-2H3. The molecule has 0 bridgehead atoms. The van der Waals surface area contributed by atoms with Crippen LogP contribution in [0.4, 0.5) is 5.69 Å². The smallest absolute Gasteiger partial charge is 0.281 e. The maximum atomic E-state index is 11.2. The molecule has 0 atom stereocenters. The van der Waals surface area contributed by atoms with Gasteiger partial charge in [0, 0.05) is 12.6 Å². The van der Waals surface area contributed by atoms with Crippen LogP contribution < -0.4 is 0 Å². The molecule has 0 spiro atoms. The highest BCUT2D eigenvalue weighted by Gasteiger charge is 2.25. The lowest BCUT2D eigenvalue weighted by atomic mass is 10.1. The van der Waals surface area contributed by atoms with Gasteiger partial charge in [-0.05, 0) is 12.0 Å². The Hall–Kier alpha value is -1.99. The van der Waals surface area contributed by atoms with Crippen molar-refractivity contribution < 1.29 is 10.0 Å². The Morgan fingerprint density at radius 3 is 2.71 bits per heavy atom. The van der Waals surface area contributed by atoms with E-state index in [0.29, 0.717) is 18.2 Å². The summed E-state index contributed by atoms with van der Waals surface area (Å²) in [5.41, 5.74) is 0.0846. The van der Waals surface area contributed by atoms with Gasteiger partial charge in [0.15, 0.2) is 11.6 Å². The molecule has 2 rings (SSSR count). The van der Waals surface area contributed by atoms with Gasteiger partial charge in [-0.1, -0.05) is 31.5 Å². The third-order valence-electron chi connectivity index (χ3n) is 2.93. The minimum absolute atomic E-state index is 0.135. The summed E-state index contributed by atoms with van der Waals surface area (Å²) in [6.07, 6.45) is 0. The summed E-state index contributed by atoms with van der Waals surface area (Å²) < 4.78 is 1.67. The Morgan fingerprint density at radius 2 is 2.14 bits per heavy atom. The normalized spacial score (nSPS) is 11.1. The molecular formula is C13H15ClN4O3. The zero-order valence-electron chi connectivity index (χ0n) is 11.7. The van der Waals surface area contributed by atoms with Gasteiger partial charge >= 0.3 is 0 Å². The zero-order chi connectivity index (χ0) is 15.6. The summed E-state index contributed by atoms with van der Waals surface area (Å²) in [6, 6.07) is 4.45. The van der Waals surface area contributed by atoms with E-state index in [1.54, 1.807) is 10.6 Å². The molecule has 0 amide bonds. The van der Waals surface area contributed by atoms with Gasteiger partial charge in [-0.25, -0.2) is 0 Å². The number of hydrogen-bond donors (Lipinski definition) is 1. The van der Waals surface area contributed by atoms with Gasteiger partial charge in [0.1, 0.15) is 12.2 Å². The molecule has 1 heterocycles. The van der Waals surface area contributed by atoms with E-state index in [1.165, 1.54) is 12.1 Å². The van der Waals surface area contributed by atoms with Gasteiger partial charge in [0.05, 0.1) is 9.95 Å². The lowest BCUT2D eigenvalue weighted by Crippen LogP contribution is -2.11. The number of aliphatic hydroxyl groups is 1. The quantitative estimate of drug-likeness (QED) is 0.676. The fourth-order valence-electron chi connectivity index (χ4n) is 2.08. The first kappa shape index (κ1) is 15.4. The number of nitro groups is 1. The van der Waals surface area contributed by atoms with E-state index >= 15 is 0 Å². The van der Waals surface area contributed by atoms with Crippen LogP contribution in [0.3, 0.4) is 0 Å². The van der Waals surface area contributed by atoms with Crippen molar-refractivity contribution in [1.29, 1.82) is 0 Å². The van der Waals surface area contributed by atoms with Crippen LogP contribution in [0.2, 0.25) is 5.02 Å². The van der Waals surface area contributed by atoms with Crippen LogP contribution in [0, 0.1) is 16.0 Å². The predicted octanol–water partition coefficient (Wildman–Crippen LogP) is 2.66. The van der Waals surface area contributed by atoms with Crippen LogP contribution >= 0.6 is 11.6 Å². The summed E-state index contributed by atoms with van der Waals surface area (Å²) >= 11 is 6.12. The summed E-state index contributed by atoms with van der Waals surface area (Å²) in [4.78, 5) is 10.7. The maximum absolute atomic E-state index is 11.2. The first-order valence-electron chi connectivity index (χ1n) is 6.42. The lowest BCUT2D eigenvalue weighted by molar-refractivity contribution is -0.384. The van der Waals surface area contributed by atoms with Crippen molar-refractivity contribution in [3.8, 4) is 11.4 Å². The van der Waals surface area contributed by atoms with Gasteiger partial charge in [-0.2, -0.15) is 0 Å². The summed E-state index contributed by atoms with van der Waals surface area (Å²) in [6.45, 7) is 4.22. The fraction of sp³-hybridized carbons (Fsp3) is 0.385. The molecule has 0 aliphatic carbocycles.